The molecule has 0 aromatic carbocycles. The molecule has 0 aliphatic heterocycles. The zero-order valence-corrected chi connectivity index (χ0v) is 10.2. The fourth-order valence-electron chi connectivity index (χ4n) is 2.40. The van der Waals surface area contributed by atoms with Crippen molar-refractivity contribution < 1.29 is 0 Å². The van der Waals surface area contributed by atoms with Crippen LogP contribution < -0.4 is 5.73 Å². The van der Waals surface area contributed by atoms with Gasteiger partial charge >= 0.3 is 0 Å². The molecule has 0 saturated heterocycles. The molecular formula is C12H20N2S. The lowest BCUT2D eigenvalue weighted by Gasteiger charge is -2.43. The Balaban J connectivity index is 1.84. The van der Waals surface area contributed by atoms with E-state index < -0.39 is 0 Å². The third kappa shape index (κ3) is 2.60. The second kappa shape index (κ2) is 4.64. The number of hydrogen-bond donors (Lipinski definition) is 1. The molecule has 2 rings (SSSR count). The normalized spacial score (nSPS) is 19.1. The van der Waals surface area contributed by atoms with Crippen LogP contribution in [-0.2, 0) is 6.54 Å². The number of rotatable bonds is 5. The summed E-state index contributed by atoms with van der Waals surface area (Å²) in [6.07, 6.45) is 4.00. The Morgan fingerprint density at radius 1 is 1.53 bits per heavy atom. The summed E-state index contributed by atoms with van der Waals surface area (Å²) >= 11 is 1.84. The third-order valence-corrected chi connectivity index (χ3v) is 4.32. The minimum absolute atomic E-state index is 0.437. The molecule has 0 radical (unpaired) electrons. The fraction of sp³-hybridized carbons (Fsp3) is 0.667. The molecule has 0 amide bonds. The average Bonchev–Trinajstić information content (AvgIpc) is 2.64. The van der Waals surface area contributed by atoms with Crippen LogP contribution in [0.2, 0.25) is 0 Å². The van der Waals surface area contributed by atoms with Gasteiger partial charge in [0.2, 0.25) is 0 Å². The van der Waals surface area contributed by atoms with E-state index in [9.17, 15) is 0 Å². The minimum Gasteiger partial charge on any atom is -0.330 e. The summed E-state index contributed by atoms with van der Waals surface area (Å²) in [5.74, 6) is 0. The lowest BCUT2D eigenvalue weighted by molar-refractivity contribution is 0.0850. The van der Waals surface area contributed by atoms with Crippen molar-refractivity contribution in [1.82, 2.24) is 4.90 Å². The van der Waals surface area contributed by atoms with Gasteiger partial charge in [0, 0.05) is 18.0 Å². The van der Waals surface area contributed by atoms with E-state index in [2.05, 4.69) is 29.5 Å². The Hall–Kier alpha value is -0.380. The van der Waals surface area contributed by atoms with Crippen molar-refractivity contribution in [3.8, 4) is 0 Å². The molecule has 1 aliphatic rings. The molecule has 1 aliphatic carbocycles. The maximum Gasteiger partial charge on any atom is 0.0325 e. The van der Waals surface area contributed by atoms with Crippen LogP contribution in [0.5, 0.6) is 0 Å². The van der Waals surface area contributed by atoms with Crippen molar-refractivity contribution in [3.05, 3.63) is 22.4 Å². The standard InChI is InChI=1S/C12H20N2S/c1-14(8-11-4-2-7-15-11)10-12(9-13)5-3-6-12/h2,4,7H,3,5-6,8-10,13H2,1H3. The summed E-state index contributed by atoms with van der Waals surface area (Å²) < 4.78 is 0. The summed E-state index contributed by atoms with van der Waals surface area (Å²) in [6.45, 7) is 3.07. The predicted molar refractivity (Wildman–Crippen MR) is 66.0 cm³/mol. The van der Waals surface area contributed by atoms with Gasteiger partial charge in [-0.3, -0.25) is 0 Å². The highest BCUT2D eigenvalue weighted by molar-refractivity contribution is 7.09. The van der Waals surface area contributed by atoms with Gasteiger partial charge < -0.3 is 10.6 Å². The molecule has 2 nitrogen and oxygen atoms in total. The highest BCUT2D eigenvalue weighted by Gasteiger charge is 2.36. The van der Waals surface area contributed by atoms with Crippen LogP contribution in [0.3, 0.4) is 0 Å². The first kappa shape index (κ1) is 11.1. The van der Waals surface area contributed by atoms with Crippen LogP contribution in [0.15, 0.2) is 17.5 Å². The third-order valence-electron chi connectivity index (χ3n) is 3.46. The van der Waals surface area contributed by atoms with Gasteiger partial charge in [0.1, 0.15) is 0 Å². The molecule has 1 saturated carbocycles. The first-order chi connectivity index (χ1) is 7.24. The lowest BCUT2D eigenvalue weighted by Crippen LogP contribution is -2.45. The predicted octanol–water partition coefficient (Wildman–Crippen LogP) is 2.31. The van der Waals surface area contributed by atoms with Crippen LogP contribution in [0.1, 0.15) is 24.1 Å². The molecule has 0 atom stereocenters. The first-order valence-corrected chi connectivity index (χ1v) is 6.53. The molecule has 1 heterocycles. The van der Waals surface area contributed by atoms with Gasteiger partial charge in [-0.25, -0.2) is 0 Å². The van der Waals surface area contributed by atoms with Crippen molar-refractivity contribution >= 4 is 11.3 Å². The Kier molecular flexibility index (Phi) is 3.44. The summed E-state index contributed by atoms with van der Waals surface area (Å²) in [5, 5.41) is 2.14. The van der Waals surface area contributed by atoms with Crippen molar-refractivity contribution in [2.75, 3.05) is 20.1 Å². The van der Waals surface area contributed by atoms with Gasteiger partial charge in [-0.15, -0.1) is 11.3 Å². The number of hydrogen-bond acceptors (Lipinski definition) is 3. The largest absolute Gasteiger partial charge is 0.330 e. The van der Waals surface area contributed by atoms with E-state index in [1.165, 1.54) is 24.1 Å². The van der Waals surface area contributed by atoms with Gasteiger partial charge in [0.25, 0.3) is 0 Å². The lowest BCUT2D eigenvalue weighted by atomic mass is 9.68. The molecule has 15 heavy (non-hydrogen) atoms. The number of thiophene rings is 1. The fourth-order valence-corrected chi connectivity index (χ4v) is 3.18. The number of nitrogens with zero attached hydrogens (tertiary/aromatic N) is 1. The maximum atomic E-state index is 5.87. The summed E-state index contributed by atoms with van der Waals surface area (Å²) in [4.78, 5) is 3.86. The van der Waals surface area contributed by atoms with E-state index in [0.717, 1.165) is 19.6 Å². The monoisotopic (exact) mass is 224 g/mol. The molecule has 1 fully saturated rings. The van der Waals surface area contributed by atoms with Crippen LogP contribution in [0, 0.1) is 5.41 Å². The highest BCUT2D eigenvalue weighted by Crippen LogP contribution is 2.40. The van der Waals surface area contributed by atoms with Crippen molar-refractivity contribution in [3.63, 3.8) is 0 Å². The van der Waals surface area contributed by atoms with Gasteiger partial charge in [0.15, 0.2) is 0 Å². The average molecular weight is 224 g/mol. The molecule has 2 N–H and O–H groups in total. The van der Waals surface area contributed by atoms with Gasteiger partial charge in [-0.2, -0.15) is 0 Å². The van der Waals surface area contributed by atoms with Gasteiger partial charge in [0.05, 0.1) is 0 Å². The van der Waals surface area contributed by atoms with Crippen molar-refractivity contribution in [2.24, 2.45) is 11.1 Å². The molecule has 0 spiro atoms. The molecule has 0 unspecified atom stereocenters. The molecule has 84 valence electrons. The smallest absolute Gasteiger partial charge is 0.0325 e. The Labute approximate surface area is 96.1 Å². The highest BCUT2D eigenvalue weighted by atomic mass is 32.1. The van der Waals surface area contributed by atoms with Crippen LogP contribution in [0.4, 0.5) is 0 Å². The summed E-state index contributed by atoms with van der Waals surface area (Å²) in [7, 11) is 2.20. The number of nitrogens with two attached hydrogens (primary N) is 1. The van der Waals surface area contributed by atoms with Crippen LogP contribution in [-0.4, -0.2) is 25.0 Å². The van der Waals surface area contributed by atoms with E-state index in [0.29, 0.717) is 5.41 Å². The van der Waals surface area contributed by atoms with Crippen molar-refractivity contribution in [1.29, 1.82) is 0 Å². The van der Waals surface area contributed by atoms with E-state index in [1.54, 1.807) is 0 Å². The molecule has 1 aromatic rings. The Morgan fingerprint density at radius 3 is 2.80 bits per heavy atom. The van der Waals surface area contributed by atoms with E-state index in [-0.39, 0.29) is 0 Å². The SMILES string of the molecule is CN(Cc1cccs1)CC1(CN)CCC1. The summed E-state index contributed by atoms with van der Waals surface area (Å²) in [5.41, 5.74) is 6.30. The van der Waals surface area contributed by atoms with Crippen LogP contribution >= 0.6 is 11.3 Å². The quantitative estimate of drug-likeness (QED) is 0.831. The zero-order valence-electron chi connectivity index (χ0n) is 9.41. The van der Waals surface area contributed by atoms with E-state index >= 15 is 0 Å². The Morgan fingerprint density at radius 2 is 2.33 bits per heavy atom. The maximum absolute atomic E-state index is 5.87. The zero-order chi connectivity index (χ0) is 10.7. The van der Waals surface area contributed by atoms with Crippen LogP contribution in [0.25, 0.3) is 0 Å². The van der Waals surface area contributed by atoms with Gasteiger partial charge in [-0.05, 0) is 43.3 Å². The summed E-state index contributed by atoms with van der Waals surface area (Å²) in [6, 6.07) is 4.33. The molecule has 3 heteroatoms. The topological polar surface area (TPSA) is 29.3 Å². The van der Waals surface area contributed by atoms with E-state index in [1.807, 2.05) is 11.3 Å². The first-order valence-electron chi connectivity index (χ1n) is 5.65. The van der Waals surface area contributed by atoms with Crippen molar-refractivity contribution in [2.45, 2.75) is 25.8 Å². The second-order valence-electron chi connectivity index (χ2n) is 4.81. The van der Waals surface area contributed by atoms with E-state index in [4.69, 9.17) is 5.73 Å². The minimum atomic E-state index is 0.437. The molecular weight excluding hydrogens is 204 g/mol. The van der Waals surface area contributed by atoms with Gasteiger partial charge in [-0.1, -0.05) is 12.5 Å². The molecule has 0 bridgehead atoms. The molecule has 1 aromatic heterocycles. The second-order valence-corrected chi connectivity index (χ2v) is 5.84. The Bertz CT molecular complexity index is 285.